The molecule has 2 heterocycles. The first-order valence-electron chi connectivity index (χ1n) is 7.19. The Kier molecular flexibility index (Phi) is 6.27. The second kappa shape index (κ2) is 8.46. The van der Waals surface area contributed by atoms with Gasteiger partial charge in [-0.25, -0.2) is 4.98 Å². The maximum absolute atomic E-state index is 5.32. The van der Waals surface area contributed by atoms with E-state index >= 15 is 0 Å². The van der Waals surface area contributed by atoms with Gasteiger partial charge < -0.3 is 14.6 Å². The third-order valence-electron chi connectivity index (χ3n) is 3.04. The number of thiazole rings is 1. The molecule has 0 spiro atoms. The lowest BCUT2D eigenvalue weighted by molar-refractivity contribution is 0.481. The van der Waals surface area contributed by atoms with Gasteiger partial charge in [0.1, 0.15) is 5.76 Å². The highest BCUT2D eigenvalue weighted by Gasteiger charge is 2.06. The highest BCUT2D eigenvalue weighted by atomic mass is 32.1. The molecule has 0 aliphatic heterocycles. The molecule has 0 unspecified atom stereocenters. The summed E-state index contributed by atoms with van der Waals surface area (Å²) >= 11 is 1.70. The summed E-state index contributed by atoms with van der Waals surface area (Å²) in [4.78, 5) is 11.1. The van der Waals surface area contributed by atoms with E-state index in [0.717, 1.165) is 49.2 Å². The van der Waals surface area contributed by atoms with Gasteiger partial charge in [-0.15, -0.1) is 11.3 Å². The zero-order chi connectivity index (χ0) is 14.9. The van der Waals surface area contributed by atoms with E-state index in [2.05, 4.69) is 34.2 Å². The molecule has 2 aromatic rings. The molecule has 0 atom stereocenters. The molecule has 2 aromatic heterocycles. The molecular formula is C15H22N4OS. The highest BCUT2D eigenvalue weighted by Crippen LogP contribution is 2.05. The van der Waals surface area contributed by atoms with E-state index in [1.165, 1.54) is 0 Å². The van der Waals surface area contributed by atoms with Crippen molar-refractivity contribution in [2.45, 2.75) is 19.8 Å². The summed E-state index contributed by atoms with van der Waals surface area (Å²) in [7, 11) is 2.06. The quantitative estimate of drug-likeness (QED) is 0.630. The van der Waals surface area contributed by atoms with Crippen molar-refractivity contribution < 1.29 is 4.42 Å². The fourth-order valence-corrected chi connectivity index (χ4v) is 2.55. The van der Waals surface area contributed by atoms with Crippen LogP contribution in [0.1, 0.15) is 17.7 Å². The molecule has 5 nitrogen and oxygen atoms in total. The molecule has 0 amide bonds. The molecular weight excluding hydrogens is 284 g/mol. The predicted octanol–water partition coefficient (Wildman–Crippen LogP) is 2.42. The van der Waals surface area contributed by atoms with E-state index in [1.807, 2.05) is 23.7 Å². The van der Waals surface area contributed by atoms with Gasteiger partial charge in [-0.1, -0.05) is 0 Å². The van der Waals surface area contributed by atoms with Crippen molar-refractivity contribution in [2.24, 2.45) is 4.99 Å². The Hall–Kier alpha value is -1.82. The normalized spacial score (nSPS) is 11.6. The van der Waals surface area contributed by atoms with E-state index in [0.29, 0.717) is 0 Å². The minimum atomic E-state index is 0.720. The van der Waals surface area contributed by atoms with Gasteiger partial charge in [0, 0.05) is 51.1 Å². The van der Waals surface area contributed by atoms with Gasteiger partial charge >= 0.3 is 0 Å². The van der Waals surface area contributed by atoms with E-state index < -0.39 is 0 Å². The number of likely N-dealkylation sites (N-methyl/N-ethyl adjacent to an activating group) is 1. The SMILES string of the molecule is CCNC(=NCCc1ccco1)N(C)CCc1nccs1. The summed E-state index contributed by atoms with van der Waals surface area (Å²) in [5, 5.41) is 6.49. The average molecular weight is 306 g/mol. The molecule has 0 saturated carbocycles. The Morgan fingerprint density at radius 3 is 3.05 bits per heavy atom. The summed E-state index contributed by atoms with van der Waals surface area (Å²) < 4.78 is 5.32. The van der Waals surface area contributed by atoms with Crippen LogP contribution >= 0.6 is 11.3 Å². The van der Waals surface area contributed by atoms with Gasteiger partial charge in [0.2, 0.25) is 0 Å². The minimum Gasteiger partial charge on any atom is -0.469 e. The van der Waals surface area contributed by atoms with Crippen LogP contribution in [0, 0.1) is 0 Å². The second-order valence-corrected chi connectivity index (χ2v) is 5.64. The zero-order valence-corrected chi connectivity index (χ0v) is 13.4. The molecule has 21 heavy (non-hydrogen) atoms. The largest absolute Gasteiger partial charge is 0.469 e. The fourth-order valence-electron chi connectivity index (χ4n) is 1.94. The van der Waals surface area contributed by atoms with Crippen molar-refractivity contribution in [3.8, 4) is 0 Å². The van der Waals surface area contributed by atoms with Crippen LogP contribution in [0.3, 0.4) is 0 Å². The van der Waals surface area contributed by atoms with E-state index in [-0.39, 0.29) is 0 Å². The lowest BCUT2D eigenvalue weighted by atomic mass is 10.3. The average Bonchev–Trinajstić information content (AvgIpc) is 3.17. The number of furan rings is 1. The van der Waals surface area contributed by atoms with Gasteiger partial charge in [0.25, 0.3) is 0 Å². The molecule has 0 saturated heterocycles. The first-order valence-corrected chi connectivity index (χ1v) is 8.07. The number of hydrogen-bond donors (Lipinski definition) is 1. The smallest absolute Gasteiger partial charge is 0.193 e. The second-order valence-electron chi connectivity index (χ2n) is 4.66. The molecule has 0 fully saturated rings. The molecule has 0 radical (unpaired) electrons. The van der Waals surface area contributed by atoms with Crippen LogP contribution in [-0.2, 0) is 12.8 Å². The maximum atomic E-state index is 5.32. The van der Waals surface area contributed by atoms with E-state index in [4.69, 9.17) is 4.42 Å². The predicted molar refractivity (Wildman–Crippen MR) is 86.8 cm³/mol. The molecule has 6 heteroatoms. The molecule has 0 aliphatic rings. The highest BCUT2D eigenvalue weighted by molar-refractivity contribution is 7.09. The molecule has 2 rings (SSSR count). The Morgan fingerprint density at radius 2 is 2.38 bits per heavy atom. The van der Waals surface area contributed by atoms with Gasteiger partial charge in [-0.2, -0.15) is 0 Å². The zero-order valence-electron chi connectivity index (χ0n) is 12.6. The summed E-state index contributed by atoms with van der Waals surface area (Å²) in [6.45, 7) is 4.56. The van der Waals surface area contributed by atoms with Crippen molar-refractivity contribution >= 4 is 17.3 Å². The molecule has 0 bridgehead atoms. The van der Waals surface area contributed by atoms with Crippen molar-refractivity contribution in [3.63, 3.8) is 0 Å². The molecule has 114 valence electrons. The van der Waals surface area contributed by atoms with Crippen molar-refractivity contribution in [2.75, 3.05) is 26.7 Å². The number of guanidine groups is 1. The Balaban J connectivity index is 1.83. The lowest BCUT2D eigenvalue weighted by Crippen LogP contribution is -2.40. The van der Waals surface area contributed by atoms with Crippen LogP contribution in [0.4, 0.5) is 0 Å². The fraction of sp³-hybridized carbons (Fsp3) is 0.467. The monoisotopic (exact) mass is 306 g/mol. The van der Waals surface area contributed by atoms with Crippen LogP contribution in [0.25, 0.3) is 0 Å². The first kappa shape index (κ1) is 15.6. The van der Waals surface area contributed by atoms with Gasteiger partial charge in [-0.05, 0) is 19.1 Å². The molecule has 1 N–H and O–H groups in total. The number of nitrogens with one attached hydrogen (secondary N) is 1. The third-order valence-corrected chi connectivity index (χ3v) is 3.88. The van der Waals surface area contributed by atoms with Gasteiger partial charge in [0.15, 0.2) is 5.96 Å². The summed E-state index contributed by atoms with van der Waals surface area (Å²) in [5.41, 5.74) is 0. The van der Waals surface area contributed by atoms with E-state index in [1.54, 1.807) is 17.6 Å². The third kappa shape index (κ3) is 5.23. The Morgan fingerprint density at radius 1 is 1.48 bits per heavy atom. The minimum absolute atomic E-state index is 0.720. The van der Waals surface area contributed by atoms with Crippen LogP contribution in [0.2, 0.25) is 0 Å². The van der Waals surface area contributed by atoms with E-state index in [9.17, 15) is 0 Å². The Bertz CT molecular complexity index is 522. The lowest BCUT2D eigenvalue weighted by Gasteiger charge is -2.21. The number of aliphatic imine (C=N–C) groups is 1. The van der Waals surface area contributed by atoms with Crippen LogP contribution in [-0.4, -0.2) is 42.5 Å². The van der Waals surface area contributed by atoms with Crippen LogP contribution < -0.4 is 5.32 Å². The van der Waals surface area contributed by atoms with Gasteiger partial charge in [-0.3, -0.25) is 4.99 Å². The van der Waals surface area contributed by atoms with Crippen LogP contribution in [0.15, 0.2) is 39.4 Å². The van der Waals surface area contributed by atoms with Crippen LogP contribution in [0.5, 0.6) is 0 Å². The van der Waals surface area contributed by atoms with Crippen molar-refractivity contribution in [1.29, 1.82) is 0 Å². The summed E-state index contributed by atoms with van der Waals surface area (Å²) in [6.07, 6.45) is 5.31. The molecule has 0 aliphatic carbocycles. The molecule has 0 aromatic carbocycles. The first-order chi connectivity index (χ1) is 10.3. The summed E-state index contributed by atoms with van der Waals surface area (Å²) in [6, 6.07) is 3.89. The topological polar surface area (TPSA) is 53.7 Å². The summed E-state index contributed by atoms with van der Waals surface area (Å²) in [5.74, 6) is 1.90. The van der Waals surface area contributed by atoms with Crippen molar-refractivity contribution in [3.05, 3.63) is 40.7 Å². The van der Waals surface area contributed by atoms with Crippen molar-refractivity contribution in [1.82, 2.24) is 15.2 Å². The number of nitrogens with zero attached hydrogens (tertiary/aromatic N) is 3. The number of hydrogen-bond acceptors (Lipinski definition) is 4. The Labute approximate surface area is 129 Å². The van der Waals surface area contributed by atoms with Gasteiger partial charge in [0.05, 0.1) is 11.3 Å². The maximum Gasteiger partial charge on any atom is 0.193 e. The number of aromatic nitrogens is 1. The number of rotatable bonds is 7. The standard InChI is InChI=1S/C15H22N4OS/c1-3-16-15(18-8-6-13-5-4-11-20-13)19(2)10-7-14-17-9-12-21-14/h4-5,9,11-12H,3,6-8,10H2,1-2H3,(H,16,18).